The molecule has 1 aliphatic rings. The van der Waals surface area contributed by atoms with Crippen molar-refractivity contribution >= 4 is 96.0 Å². The average molecular weight is 1370 g/mol. The van der Waals surface area contributed by atoms with Gasteiger partial charge >= 0.3 is 81.6 Å². The third kappa shape index (κ3) is 31.8. The summed E-state index contributed by atoms with van der Waals surface area (Å²) >= 11 is 2.46. The molecule has 0 spiro atoms. The number of unbranched alkanes of at least 4 members (excludes halogenated alkanes) is 8. The summed E-state index contributed by atoms with van der Waals surface area (Å²) < 4.78 is 45.2. The summed E-state index contributed by atoms with van der Waals surface area (Å²) in [5.41, 5.74) is 12.1. The number of anilines is 2. The van der Waals surface area contributed by atoms with Crippen molar-refractivity contribution in [1.82, 2.24) is 40.4 Å². The van der Waals surface area contributed by atoms with Crippen LogP contribution >= 0.6 is 11.9 Å². The monoisotopic (exact) mass is 1370 g/mol. The zero-order valence-corrected chi connectivity index (χ0v) is 54.1. The molecule has 5 amide bonds. The van der Waals surface area contributed by atoms with Crippen molar-refractivity contribution in [3.8, 4) is 17.6 Å². The summed E-state index contributed by atoms with van der Waals surface area (Å²) in [6.07, 6.45) is 9.06. The van der Waals surface area contributed by atoms with Crippen molar-refractivity contribution in [2.45, 2.75) is 151 Å². The van der Waals surface area contributed by atoms with Crippen LogP contribution in [0.5, 0.6) is 5.75 Å². The van der Waals surface area contributed by atoms with Gasteiger partial charge in [0.1, 0.15) is 18.3 Å². The number of halogens is 3. The summed E-state index contributed by atoms with van der Waals surface area (Å²) in [6.45, 7) is 10.5. The van der Waals surface area contributed by atoms with Gasteiger partial charge in [0.05, 0.1) is 30.0 Å². The number of rotatable bonds is 31. The Bertz CT molecular complexity index is 2430. The number of phenols is 1. The van der Waals surface area contributed by atoms with Crippen molar-refractivity contribution in [2.24, 2.45) is 22.4 Å². The Morgan fingerprint density at radius 2 is 1.57 bits per heavy atom. The number of alkyl halides is 3. The Balaban J connectivity index is 0.00000151. The van der Waals surface area contributed by atoms with E-state index in [9.17, 15) is 42.3 Å². The number of nitrogens with two attached hydrogens (primary N) is 2. The number of fused-ring (bicyclic) bond motifs is 1. The molecule has 1 fully saturated rings. The Morgan fingerprint density at radius 3 is 2.12 bits per heavy atom. The molecule has 1 aromatic heterocycles. The molecule has 1 saturated heterocycles. The van der Waals surface area contributed by atoms with Crippen LogP contribution in [0.25, 0.3) is 10.9 Å². The van der Waals surface area contributed by atoms with Crippen molar-refractivity contribution in [1.29, 1.82) is 0 Å². The summed E-state index contributed by atoms with van der Waals surface area (Å²) in [5.74, 6) is 5.22. The predicted octanol–water partition coefficient (Wildman–Crippen LogP) is 5.82. The smallest absolute Gasteiger partial charge is 0.0319 e. The molecule has 3 radical (unpaired) electrons. The van der Waals surface area contributed by atoms with Crippen LogP contribution in [0.2, 0.25) is 3.98 Å². The van der Waals surface area contributed by atoms with Gasteiger partial charge in [-0.05, 0) is 126 Å². The van der Waals surface area contributed by atoms with Gasteiger partial charge in [0.25, 0.3) is 0 Å². The number of phenolic OH excluding ortho intramolecular Hbond substituents is 1. The van der Waals surface area contributed by atoms with E-state index in [4.69, 9.17) is 16.6 Å². The van der Waals surface area contributed by atoms with Crippen LogP contribution in [-0.2, 0) is 30.5 Å². The normalized spacial score (nSPS) is 13.0. The molecule has 2 atom stereocenters. The van der Waals surface area contributed by atoms with E-state index >= 15 is 0 Å². The first kappa shape index (κ1) is 74.5. The minimum absolute atomic E-state index is 0.0639. The van der Waals surface area contributed by atoms with Gasteiger partial charge in [-0.25, -0.2) is 4.31 Å². The Morgan fingerprint density at radius 1 is 0.927 bits per heavy atom. The first-order valence-electron chi connectivity index (χ1n) is 28.1. The summed E-state index contributed by atoms with van der Waals surface area (Å²) in [5, 5.41) is 38.1. The number of hydrogen-bond donors (Lipinski definition) is 11. The van der Waals surface area contributed by atoms with Crippen molar-refractivity contribution in [3.63, 3.8) is 0 Å². The van der Waals surface area contributed by atoms with Crippen LogP contribution in [0.15, 0.2) is 52.4 Å². The Labute approximate surface area is 504 Å². The average Bonchev–Trinajstić information content (AvgIpc) is 4.06. The predicted molar refractivity (Wildman–Crippen MR) is 325 cm³/mol. The van der Waals surface area contributed by atoms with Gasteiger partial charge in [0, 0.05) is 55.2 Å². The molecular weight excluding hydrogens is 1270 g/mol. The van der Waals surface area contributed by atoms with Crippen LogP contribution < -0.4 is 48.7 Å². The van der Waals surface area contributed by atoms with Gasteiger partial charge in [-0.15, -0.1) is 0 Å². The molecule has 0 bridgehead atoms. The van der Waals surface area contributed by atoms with E-state index in [1.165, 1.54) is 11.0 Å². The molecule has 0 aliphatic carbocycles. The van der Waals surface area contributed by atoms with E-state index < -0.39 is 18.8 Å². The van der Waals surface area contributed by atoms with Crippen molar-refractivity contribution < 1.29 is 47.4 Å². The number of aromatic hydroxyl groups is 1. The van der Waals surface area contributed by atoms with Crippen LogP contribution in [0.4, 0.5) is 24.5 Å². The number of likely N-dealkylation sites (N-methyl/N-ethyl adjacent to an activating group) is 2. The number of carbonyl (C=O) groups is 5. The number of aliphatic imine (C=N–C) groups is 1. The number of likely N-dealkylation sites (tertiary alicyclic amines) is 1. The minimum Gasteiger partial charge on any atom is -0.400 e. The fourth-order valence-electron chi connectivity index (χ4n) is 8.35. The maximum atomic E-state index is 13.7. The fraction of sp³-hybridized carbons (Fsp3) is 0.614. The molecule has 20 nitrogen and oxygen atoms in total. The number of piperidine rings is 1. The number of carbonyl (C=O) groups excluding carboxylic acids is 5. The van der Waals surface area contributed by atoms with Gasteiger partial charge in [0.2, 0.25) is 17.7 Å². The van der Waals surface area contributed by atoms with E-state index in [0.717, 1.165) is 144 Å². The first-order valence-corrected chi connectivity index (χ1v) is 31.7. The molecule has 2 unspecified atom stereocenters. The molecule has 82 heavy (non-hydrogen) atoms. The number of benzene rings is 2. The molecule has 1 aliphatic heterocycles. The van der Waals surface area contributed by atoms with Gasteiger partial charge in [-0.2, -0.15) is 13.2 Å². The summed E-state index contributed by atoms with van der Waals surface area (Å²) in [4.78, 5) is 64.2. The van der Waals surface area contributed by atoms with Crippen molar-refractivity contribution in [3.05, 3.63) is 48.2 Å². The van der Waals surface area contributed by atoms with E-state index in [1.807, 2.05) is 46.9 Å². The molecular formula is C57H93F3N13O7PbS. The Hall–Kier alpha value is -5.50. The molecule has 2 heterocycles. The molecule has 2 aromatic carbocycles. The standard InChI is InChI=1S/C47H69F3N8O4S.C5H9N2O2.C4H11N3.CH4O.Pb/c1-6-51-46(62)45(34(2)3)55-44(61)32-53-43(60)21-14-12-10-8-7-9-11-13-15-27-57(5)63-37-22-23-40(42(59)31-37)52-26-17-18-36-30-38-39(54-35-24-28-56(4)29-25-35)19-16-20-41(38)58(36)33-47(48,49)50;1-4(7-3-8)5(9)6-2;1-2-3-7-4(5)6;1-2;/h16,19-20,22-23,30-31,34-35,45,52,54,59H,6-15,21,24-29,32-33H2,1-5H3,(H,51,62)(H,53,60)(H,55,61);3-4H,1H2,2H3,(H,6,9)(H,7,8);2-3H2,1H3,(H4,5,6,7);2H,1H3;. The number of aliphatic hydroxyl groups is 1. The molecule has 25 heteroatoms. The minimum atomic E-state index is -4.41. The van der Waals surface area contributed by atoms with E-state index in [0.29, 0.717) is 36.0 Å². The zero-order chi connectivity index (χ0) is 61.5. The Kier molecular flexibility index (Phi) is 39.2. The second-order valence-corrected chi connectivity index (χ2v) is 22.7. The van der Waals surface area contributed by atoms with Crippen LogP contribution in [0.1, 0.15) is 117 Å². The van der Waals surface area contributed by atoms with Gasteiger partial charge < -0.3 is 57.7 Å². The number of amides is 5. The third-order valence-electron chi connectivity index (χ3n) is 12.7. The first-order chi connectivity index (χ1) is 39.2. The molecule has 459 valence electrons. The number of aromatic nitrogens is 1. The van der Waals surface area contributed by atoms with E-state index in [1.54, 1.807) is 49.3 Å². The molecule has 3 aromatic rings. The molecule has 0 saturated carbocycles. The zero-order valence-electron chi connectivity index (χ0n) is 49.4. The molecule has 4 rings (SSSR count). The van der Waals surface area contributed by atoms with Crippen LogP contribution in [0.3, 0.4) is 0 Å². The van der Waals surface area contributed by atoms with Gasteiger partial charge in [-0.1, -0.05) is 77.7 Å². The SMILES string of the molecule is CCCN=C(N)N.CCNC(=O)C(NC(=O)CNC(=O)CCCCCCCCCCCN(C)Sc1ccc(NCC#Cc2cc3c(NC4CCN(C)CC4)cccc3n2CC(F)(F)F)c(O)c1)C(C)C.CNC(=O)C([CH2][Pb])NC=O.CO. The third-order valence-corrected chi connectivity index (χ3v) is 15.2. The summed E-state index contributed by atoms with van der Waals surface area (Å²) in [7, 11) is 6.67. The van der Waals surface area contributed by atoms with Gasteiger partial charge in [-0.3, -0.25) is 19.4 Å². The van der Waals surface area contributed by atoms with Crippen molar-refractivity contribution in [2.75, 3.05) is 84.7 Å². The number of nitrogens with one attached hydrogen (secondary N) is 7. The largest absolute Gasteiger partial charge is 0.400 e. The number of guanidine groups is 1. The topological polar surface area (TPSA) is 286 Å². The van der Waals surface area contributed by atoms with Gasteiger partial charge in [0.15, 0.2) is 5.96 Å². The fourth-order valence-corrected chi connectivity index (χ4v) is 10.4. The maximum absolute atomic E-state index is 13.7. The number of aliphatic hydroxyl groups excluding tert-OH is 1. The maximum Gasteiger partial charge on any atom is 0.0319 e. The van der Waals surface area contributed by atoms with Crippen LogP contribution in [0, 0.1) is 17.8 Å². The quantitative estimate of drug-likeness (QED) is 0.00529. The van der Waals surface area contributed by atoms with E-state index in [2.05, 4.69) is 70.3 Å². The second kappa shape index (κ2) is 43.2. The second-order valence-electron chi connectivity index (χ2n) is 19.8. The number of hydrogen-bond acceptors (Lipinski definition) is 13. The molecule has 13 N–H and O–H groups in total. The summed E-state index contributed by atoms with van der Waals surface area (Å²) in [6, 6.07) is 11.8. The van der Waals surface area contributed by atoms with E-state index in [-0.39, 0.29) is 72.1 Å². The van der Waals surface area contributed by atoms with Crippen LogP contribution in [-0.4, -0.2) is 184 Å². The number of nitrogens with zero attached hydrogens (tertiary/aromatic N) is 4.